The summed E-state index contributed by atoms with van der Waals surface area (Å²) in [6.45, 7) is 1.79. The van der Waals surface area contributed by atoms with E-state index in [1.54, 1.807) is 14.2 Å². The van der Waals surface area contributed by atoms with Gasteiger partial charge >= 0.3 is 6.09 Å². The van der Waals surface area contributed by atoms with Crippen molar-refractivity contribution in [2.45, 2.75) is 19.4 Å². The molecule has 0 aliphatic carbocycles. The van der Waals surface area contributed by atoms with Crippen molar-refractivity contribution in [1.82, 2.24) is 4.90 Å². The Morgan fingerprint density at radius 2 is 2.11 bits per heavy atom. The molecular weight excluding hydrogens is 246 g/mol. The predicted molar refractivity (Wildman–Crippen MR) is 72.4 cm³/mol. The summed E-state index contributed by atoms with van der Waals surface area (Å²) in [6, 6.07) is 7.69. The molecular formula is C14H21NO4. The lowest BCUT2D eigenvalue weighted by molar-refractivity contribution is 0.0819. The van der Waals surface area contributed by atoms with Gasteiger partial charge in [0.05, 0.1) is 13.7 Å². The zero-order valence-electron chi connectivity index (χ0n) is 11.6. The number of hydrogen-bond donors (Lipinski definition) is 1. The molecule has 1 aromatic carbocycles. The van der Waals surface area contributed by atoms with Gasteiger partial charge in [0.15, 0.2) is 0 Å². The zero-order valence-corrected chi connectivity index (χ0v) is 11.6. The Bertz CT molecular complexity index is 408. The van der Waals surface area contributed by atoms with Crippen LogP contribution in [-0.4, -0.2) is 49.5 Å². The molecule has 0 aliphatic heterocycles. The van der Waals surface area contributed by atoms with Crippen LogP contribution >= 0.6 is 0 Å². The van der Waals surface area contributed by atoms with Gasteiger partial charge in [-0.3, -0.25) is 0 Å². The van der Waals surface area contributed by atoms with E-state index in [0.717, 1.165) is 11.3 Å². The van der Waals surface area contributed by atoms with E-state index in [4.69, 9.17) is 14.6 Å². The number of methoxy groups -OCH3 is 1. The monoisotopic (exact) mass is 267 g/mol. The molecule has 0 spiro atoms. The van der Waals surface area contributed by atoms with E-state index in [2.05, 4.69) is 0 Å². The molecule has 1 unspecified atom stereocenters. The lowest BCUT2D eigenvalue weighted by Crippen LogP contribution is -2.37. The average Bonchev–Trinajstić information content (AvgIpc) is 2.44. The third kappa shape index (κ3) is 4.44. The molecule has 0 saturated heterocycles. The van der Waals surface area contributed by atoms with Crippen LogP contribution in [0.15, 0.2) is 24.3 Å². The minimum atomic E-state index is -0.434. The first-order valence-electron chi connectivity index (χ1n) is 6.22. The largest absolute Gasteiger partial charge is 0.496 e. The van der Waals surface area contributed by atoms with E-state index >= 15 is 0 Å². The summed E-state index contributed by atoms with van der Waals surface area (Å²) in [4.78, 5) is 13.2. The minimum absolute atomic E-state index is 0.0184. The Morgan fingerprint density at radius 3 is 2.74 bits per heavy atom. The molecule has 0 aliphatic rings. The third-order valence-electron chi connectivity index (χ3n) is 2.97. The molecule has 1 amide bonds. The number of carbonyl (C=O) groups is 1. The Kier molecular flexibility index (Phi) is 6.15. The van der Waals surface area contributed by atoms with Gasteiger partial charge in [-0.05, 0) is 25.0 Å². The van der Waals surface area contributed by atoms with E-state index in [-0.39, 0.29) is 19.3 Å². The van der Waals surface area contributed by atoms with E-state index in [9.17, 15) is 4.79 Å². The Morgan fingerprint density at radius 1 is 1.42 bits per heavy atom. The van der Waals surface area contributed by atoms with Gasteiger partial charge < -0.3 is 19.5 Å². The van der Waals surface area contributed by atoms with Crippen LogP contribution in [0.4, 0.5) is 4.79 Å². The number of likely N-dealkylation sites (N-methyl/N-ethyl adjacent to an activating group) is 1. The predicted octanol–water partition coefficient (Wildman–Crippen LogP) is 1.69. The highest BCUT2D eigenvalue weighted by atomic mass is 16.6. The molecule has 1 N–H and O–H groups in total. The molecule has 19 heavy (non-hydrogen) atoms. The molecule has 0 bridgehead atoms. The molecule has 0 heterocycles. The van der Waals surface area contributed by atoms with Crippen LogP contribution in [-0.2, 0) is 11.2 Å². The van der Waals surface area contributed by atoms with Crippen LogP contribution in [0.1, 0.15) is 12.5 Å². The summed E-state index contributed by atoms with van der Waals surface area (Å²) < 4.78 is 10.2. The Labute approximate surface area is 113 Å². The zero-order chi connectivity index (χ0) is 14.3. The first-order valence-corrected chi connectivity index (χ1v) is 6.22. The molecule has 106 valence electrons. The van der Waals surface area contributed by atoms with Crippen molar-refractivity contribution in [3.63, 3.8) is 0 Å². The summed E-state index contributed by atoms with van der Waals surface area (Å²) >= 11 is 0. The van der Waals surface area contributed by atoms with Gasteiger partial charge in [0, 0.05) is 13.1 Å². The van der Waals surface area contributed by atoms with Crippen LogP contribution in [0.2, 0.25) is 0 Å². The first kappa shape index (κ1) is 15.3. The van der Waals surface area contributed by atoms with E-state index in [1.807, 2.05) is 31.2 Å². The van der Waals surface area contributed by atoms with Crippen molar-refractivity contribution < 1.29 is 19.4 Å². The molecule has 0 fully saturated rings. The highest BCUT2D eigenvalue weighted by Gasteiger charge is 2.18. The molecule has 5 nitrogen and oxygen atoms in total. The summed E-state index contributed by atoms with van der Waals surface area (Å²) in [7, 11) is 3.31. The minimum Gasteiger partial charge on any atom is -0.496 e. The highest BCUT2D eigenvalue weighted by molar-refractivity contribution is 5.67. The summed E-state index contributed by atoms with van der Waals surface area (Å²) in [5, 5.41) is 8.63. The molecule has 0 saturated carbocycles. The van der Waals surface area contributed by atoms with E-state index in [1.165, 1.54) is 4.90 Å². The highest BCUT2D eigenvalue weighted by Crippen LogP contribution is 2.20. The number of amides is 1. The van der Waals surface area contributed by atoms with Crippen molar-refractivity contribution in [3.8, 4) is 5.75 Å². The average molecular weight is 267 g/mol. The van der Waals surface area contributed by atoms with Crippen molar-refractivity contribution in [2.75, 3.05) is 27.4 Å². The normalized spacial score (nSPS) is 11.8. The van der Waals surface area contributed by atoms with Gasteiger partial charge in [-0.25, -0.2) is 4.79 Å². The number of nitrogens with zero attached hydrogens (tertiary/aromatic N) is 1. The number of ether oxygens (including phenoxy) is 2. The topological polar surface area (TPSA) is 59.0 Å². The van der Waals surface area contributed by atoms with Crippen molar-refractivity contribution >= 4 is 6.09 Å². The molecule has 0 aromatic heterocycles. The fourth-order valence-electron chi connectivity index (χ4n) is 1.74. The Balaban J connectivity index is 2.63. The summed E-state index contributed by atoms with van der Waals surface area (Å²) in [5.41, 5.74) is 1.04. The second-order valence-electron chi connectivity index (χ2n) is 4.31. The van der Waals surface area contributed by atoms with Gasteiger partial charge in [0.25, 0.3) is 0 Å². The van der Waals surface area contributed by atoms with Gasteiger partial charge in [-0.15, -0.1) is 0 Å². The maximum atomic E-state index is 11.6. The van der Waals surface area contributed by atoms with Gasteiger partial charge in [0.1, 0.15) is 12.4 Å². The Hall–Kier alpha value is -1.75. The molecule has 1 atom stereocenters. The van der Waals surface area contributed by atoms with Crippen LogP contribution in [0.3, 0.4) is 0 Å². The van der Waals surface area contributed by atoms with E-state index in [0.29, 0.717) is 6.42 Å². The number of carbonyl (C=O) groups excluding carboxylic acids is 1. The van der Waals surface area contributed by atoms with Crippen LogP contribution in [0.5, 0.6) is 5.75 Å². The number of aliphatic hydroxyl groups is 1. The number of rotatable bonds is 6. The van der Waals surface area contributed by atoms with Gasteiger partial charge in [-0.2, -0.15) is 0 Å². The molecule has 5 heteroatoms. The standard InChI is InChI=1S/C14H21NO4/c1-11(15(2)14(17)19-9-8-16)10-12-6-4-5-7-13(12)18-3/h4-7,11,16H,8-10H2,1-3H3. The number of para-hydroxylation sites is 1. The first-order chi connectivity index (χ1) is 9.10. The second kappa shape index (κ2) is 7.63. The van der Waals surface area contributed by atoms with Gasteiger partial charge in [0.2, 0.25) is 0 Å². The SMILES string of the molecule is COc1ccccc1CC(C)N(C)C(=O)OCCO. The fraction of sp³-hybridized carbons (Fsp3) is 0.500. The summed E-state index contributed by atoms with van der Waals surface area (Å²) in [5.74, 6) is 0.812. The van der Waals surface area contributed by atoms with Crippen molar-refractivity contribution in [3.05, 3.63) is 29.8 Å². The third-order valence-corrected chi connectivity index (χ3v) is 2.97. The van der Waals surface area contributed by atoms with Crippen LogP contribution in [0, 0.1) is 0 Å². The fourth-order valence-corrected chi connectivity index (χ4v) is 1.74. The van der Waals surface area contributed by atoms with Gasteiger partial charge in [-0.1, -0.05) is 18.2 Å². The molecule has 1 aromatic rings. The smallest absolute Gasteiger partial charge is 0.409 e. The maximum absolute atomic E-state index is 11.6. The lowest BCUT2D eigenvalue weighted by Gasteiger charge is -2.24. The summed E-state index contributed by atoms with van der Waals surface area (Å²) in [6.07, 6.45) is 0.241. The lowest BCUT2D eigenvalue weighted by atomic mass is 10.1. The molecule has 1 rings (SSSR count). The second-order valence-corrected chi connectivity index (χ2v) is 4.31. The number of benzene rings is 1. The maximum Gasteiger partial charge on any atom is 0.409 e. The van der Waals surface area contributed by atoms with Crippen molar-refractivity contribution in [2.24, 2.45) is 0 Å². The van der Waals surface area contributed by atoms with E-state index < -0.39 is 6.09 Å². The number of hydrogen-bond acceptors (Lipinski definition) is 4. The van der Waals surface area contributed by atoms with Crippen LogP contribution in [0.25, 0.3) is 0 Å². The molecule has 0 radical (unpaired) electrons. The van der Waals surface area contributed by atoms with Crippen molar-refractivity contribution in [1.29, 1.82) is 0 Å². The quantitative estimate of drug-likeness (QED) is 0.852. The number of aliphatic hydroxyl groups excluding tert-OH is 1. The van der Waals surface area contributed by atoms with Crippen LogP contribution < -0.4 is 4.74 Å².